The van der Waals surface area contributed by atoms with Crippen molar-refractivity contribution in [2.45, 2.75) is 44.6 Å². The van der Waals surface area contributed by atoms with Crippen molar-refractivity contribution in [1.29, 1.82) is 0 Å². The van der Waals surface area contributed by atoms with Crippen LogP contribution in [0.5, 0.6) is 0 Å². The van der Waals surface area contributed by atoms with Crippen LogP contribution in [0.15, 0.2) is 0 Å². The van der Waals surface area contributed by atoms with E-state index in [1.807, 2.05) is 0 Å². The highest BCUT2D eigenvalue weighted by atomic mass is 16.5. The number of aliphatic hydroxyl groups is 1. The van der Waals surface area contributed by atoms with Crippen LogP contribution in [0.3, 0.4) is 0 Å². The molecular weight excluding hydrogens is 228 g/mol. The first-order valence-electron chi connectivity index (χ1n) is 7.46. The van der Waals surface area contributed by atoms with Crippen LogP contribution in [0, 0.1) is 23.2 Å². The predicted molar refractivity (Wildman–Crippen MR) is 69.3 cm³/mol. The summed E-state index contributed by atoms with van der Waals surface area (Å²) in [5.41, 5.74) is 0.196. The lowest BCUT2D eigenvalue weighted by molar-refractivity contribution is -0.141. The van der Waals surface area contributed by atoms with E-state index in [0.29, 0.717) is 19.8 Å². The van der Waals surface area contributed by atoms with E-state index in [1.54, 1.807) is 7.11 Å². The molecule has 1 N–H and O–H groups in total. The van der Waals surface area contributed by atoms with Crippen LogP contribution in [0.1, 0.15) is 38.5 Å². The van der Waals surface area contributed by atoms with Gasteiger partial charge in [-0.2, -0.15) is 0 Å². The van der Waals surface area contributed by atoms with Gasteiger partial charge in [-0.1, -0.05) is 0 Å². The Morgan fingerprint density at radius 3 is 2.11 bits per heavy atom. The summed E-state index contributed by atoms with van der Waals surface area (Å²) < 4.78 is 10.5. The smallest absolute Gasteiger partial charge is 0.0830 e. The van der Waals surface area contributed by atoms with E-state index in [2.05, 4.69) is 0 Å². The van der Waals surface area contributed by atoms with E-state index in [9.17, 15) is 5.11 Å². The van der Waals surface area contributed by atoms with Crippen molar-refractivity contribution in [2.24, 2.45) is 23.2 Å². The van der Waals surface area contributed by atoms with Gasteiger partial charge in [0.15, 0.2) is 0 Å². The Bertz CT molecular complexity index is 254. The number of hydrogen-bond acceptors (Lipinski definition) is 3. The van der Waals surface area contributed by atoms with Gasteiger partial charge in [0, 0.05) is 7.11 Å². The summed E-state index contributed by atoms with van der Waals surface area (Å²) in [4.78, 5) is 0. The minimum atomic E-state index is -0.261. The second kappa shape index (κ2) is 5.10. The fourth-order valence-corrected chi connectivity index (χ4v) is 5.10. The molecule has 18 heavy (non-hydrogen) atoms. The molecule has 1 unspecified atom stereocenters. The average Bonchev–Trinajstić information content (AvgIpc) is 2.32. The molecule has 0 aromatic carbocycles. The van der Waals surface area contributed by atoms with Gasteiger partial charge in [0.05, 0.1) is 25.9 Å². The fourth-order valence-electron chi connectivity index (χ4n) is 5.10. The molecule has 104 valence electrons. The quantitative estimate of drug-likeness (QED) is 0.739. The van der Waals surface area contributed by atoms with Gasteiger partial charge in [-0.15, -0.1) is 0 Å². The van der Waals surface area contributed by atoms with Crippen LogP contribution in [0.2, 0.25) is 0 Å². The van der Waals surface area contributed by atoms with Gasteiger partial charge in [0.25, 0.3) is 0 Å². The lowest BCUT2D eigenvalue weighted by Crippen LogP contribution is -2.52. The van der Waals surface area contributed by atoms with Gasteiger partial charge in [0.2, 0.25) is 0 Å². The SMILES string of the molecule is COCCOCC(O)C12CC3CC(CC(C3)C1)C2. The first-order chi connectivity index (χ1) is 8.72. The van der Waals surface area contributed by atoms with Crippen molar-refractivity contribution in [3.8, 4) is 0 Å². The van der Waals surface area contributed by atoms with Crippen molar-refractivity contribution in [3.05, 3.63) is 0 Å². The van der Waals surface area contributed by atoms with Crippen LogP contribution in [0.4, 0.5) is 0 Å². The summed E-state index contributed by atoms with van der Waals surface area (Å²) in [6.07, 6.45) is 7.75. The molecule has 3 nitrogen and oxygen atoms in total. The van der Waals surface area contributed by atoms with Crippen LogP contribution in [-0.2, 0) is 9.47 Å². The van der Waals surface area contributed by atoms with E-state index < -0.39 is 0 Å². The largest absolute Gasteiger partial charge is 0.390 e. The molecular formula is C15H26O3. The Morgan fingerprint density at radius 2 is 1.61 bits per heavy atom. The van der Waals surface area contributed by atoms with Crippen LogP contribution >= 0.6 is 0 Å². The highest BCUT2D eigenvalue weighted by Gasteiger charge is 2.53. The van der Waals surface area contributed by atoms with Crippen molar-refractivity contribution < 1.29 is 14.6 Å². The Hall–Kier alpha value is -0.120. The average molecular weight is 254 g/mol. The second-order valence-electron chi connectivity index (χ2n) is 6.86. The van der Waals surface area contributed by atoms with Crippen LogP contribution < -0.4 is 0 Å². The number of ether oxygens (including phenoxy) is 2. The number of methoxy groups -OCH3 is 1. The minimum Gasteiger partial charge on any atom is -0.390 e. The second-order valence-corrected chi connectivity index (χ2v) is 6.86. The number of rotatable bonds is 6. The third kappa shape index (κ3) is 2.33. The zero-order valence-corrected chi connectivity index (χ0v) is 11.4. The molecule has 0 heterocycles. The predicted octanol–water partition coefficient (Wildman–Crippen LogP) is 2.23. The third-order valence-corrected chi connectivity index (χ3v) is 5.50. The lowest BCUT2D eigenvalue weighted by Gasteiger charge is -2.58. The molecule has 0 radical (unpaired) electrons. The molecule has 4 aliphatic carbocycles. The van der Waals surface area contributed by atoms with Gasteiger partial charge in [-0.3, -0.25) is 0 Å². The molecule has 0 aromatic heterocycles. The molecule has 4 fully saturated rings. The van der Waals surface area contributed by atoms with E-state index in [0.717, 1.165) is 17.8 Å². The molecule has 4 rings (SSSR count). The fraction of sp³-hybridized carbons (Fsp3) is 1.00. The maximum absolute atomic E-state index is 10.5. The molecule has 0 aromatic rings. The normalized spacial score (nSPS) is 43.3. The molecule has 4 saturated carbocycles. The maximum Gasteiger partial charge on any atom is 0.0830 e. The van der Waals surface area contributed by atoms with E-state index in [-0.39, 0.29) is 11.5 Å². The molecule has 0 amide bonds. The Morgan fingerprint density at radius 1 is 1.06 bits per heavy atom. The Labute approximate surface area is 110 Å². The first kappa shape index (κ1) is 12.9. The molecule has 3 heteroatoms. The summed E-state index contributed by atoms with van der Waals surface area (Å²) in [6, 6.07) is 0. The maximum atomic E-state index is 10.5. The van der Waals surface area contributed by atoms with Gasteiger partial charge in [-0.25, -0.2) is 0 Å². The number of hydrogen-bond donors (Lipinski definition) is 1. The molecule has 4 bridgehead atoms. The van der Waals surface area contributed by atoms with Gasteiger partial charge < -0.3 is 14.6 Å². The molecule has 4 aliphatic rings. The van der Waals surface area contributed by atoms with Crippen molar-refractivity contribution in [2.75, 3.05) is 26.9 Å². The number of aliphatic hydroxyl groups excluding tert-OH is 1. The van der Waals surface area contributed by atoms with Gasteiger partial charge >= 0.3 is 0 Å². The van der Waals surface area contributed by atoms with E-state index in [1.165, 1.54) is 38.5 Å². The van der Waals surface area contributed by atoms with Crippen LogP contribution in [0.25, 0.3) is 0 Å². The molecule has 0 aliphatic heterocycles. The molecule has 0 saturated heterocycles. The summed E-state index contributed by atoms with van der Waals surface area (Å²) in [7, 11) is 1.68. The summed E-state index contributed by atoms with van der Waals surface area (Å²) >= 11 is 0. The highest BCUT2D eigenvalue weighted by molar-refractivity contribution is 5.04. The summed E-state index contributed by atoms with van der Waals surface area (Å²) in [5, 5.41) is 10.5. The van der Waals surface area contributed by atoms with Crippen molar-refractivity contribution >= 4 is 0 Å². The lowest BCUT2D eigenvalue weighted by atomic mass is 9.48. The molecule has 1 atom stereocenters. The topological polar surface area (TPSA) is 38.7 Å². The highest BCUT2D eigenvalue weighted by Crippen LogP contribution is 2.61. The van der Waals surface area contributed by atoms with Crippen molar-refractivity contribution in [3.63, 3.8) is 0 Å². The van der Waals surface area contributed by atoms with E-state index in [4.69, 9.17) is 9.47 Å². The standard InChI is InChI=1S/C15H26O3/c1-17-2-3-18-10-14(16)15-7-11-4-12(8-15)6-13(5-11)9-15/h11-14,16H,2-10H2,1H3. The van der Waals surface area contributed by atoms with E-state index >= 15 is 0 Å². The van der Waals surface area contributed by atoms with Crippen LogP contribution in [-0.4, -0.2) is 38.1 Å². The van der Waals surface area contributed by atoms with Gasteiger partial charge in [0.1, 0.15) is 0 Å². The monoisotopic (exact) mass is 254 g/mol. The third-order valence-electron chi connectivity index (χ3n) is 5.50. The Kier molecular flexibility index (Phi) is 3.65. The minimum absolute atomic E-state index is 0.196. The first-order valence-corrected chi connectivity index (χ1v) is 7.46. The summed E-state index contributed by atoms with van der Waals surface area (Å²) in [6.45, 7) is 1.71. The molecule has 0 spiro atoms. The van der Waals surface area contributed by atoms with Gasteiger partial charge in [-0.05, 0) is 61.7 Å². The summed E-state index contributed by atoms with van der Waals surface area (Å²) in [5.74, 6) is 2.68. The van der Waals surface area contributed by atoms with Crippen molar-refractivity contribution in [1.82, 2.24) is 0 Å². The zero-order chi connectivity index (χ0) is 12.6. The Balaban J connectivity index is 1.57. The zero-order valence-electron chi connectivity index (χ0n) is 11.4.